The minimum Gasteiger partial charge on any atom is -0.462 e. The number of thioether (sulfide) groups is 1. The smallest absolute Gasteiger partial charge is 0.338 e. The minimum atomic E-state index is -1.14. The van der Waals surface area contributed by atoms with Crippen LogP contribution in [0.2, 0.25) is 0 Å². The number of fused-ring (bicyclic) bond motifs is 1. The van der Waals surface area contributed by atoms with Crippen molar-refractivity contribution in [2.75, 3.05) is 22.2 Å². The van der Waals surface area contributed by atoms with E-state index in [1.165, 1.54) is 17.3 Å². The summed E-state index contributed by atoms with van der Waals surface area (Å²) in [5.74, 6) is -0.0500. The van der Waals surface area contributed by atoms with Crippen LogP contribution in [0.25, 0.3) is 0 Å². The number of hydrogen-bond donors (Lipinski definition) is 0. The lowest BCUT2D eigenvalue weighted by Gasteiger charge is -2.44. The number of esters is 1. The van der Waals surface area contributed by atoms with Gasteiger partial charge in [-0.05, 0) is 69.9 Å². The van der Waals surface area contributed by atoms with Crippen molar-refractivity contribution in [2.45, 2.75) is 57.4 Å². The molecule has 0 aliphatic carbocycles. The van der Waals surface area contributed by atoms with Gasteiger partial charge in [0.05, 0.1) is 23.6 Å². The van der Waals surface area contributed by atoms with E-state index in [4.69, 9.17) is 4.74 Å². The third kappa shape index (κ3) is 2.98. The van der Waals surface area contributed by atoms with Crippen molar-refractivity contribution in [3.8, 4) is 0 Å². The van der Waals surface area contributed by atoms with Gasteiger partial charge in [-0.3, -0.25) is 14.5 Å². The Balaban J connectivity index is 1.69. The van der Waals surface area contributed by atoms with Crippen LogP contribution in [0.3, 0.4) is 0 Å². The van der Waals surface area contributed by atoms with Gasteiger partial charge in [0.1, 0.15) is 0 Å². The first-order valence-electron chi connectivity index (χ1n) is 11.4. The van der Waals surface area contributed by atoms with E-state index in [0.717, 1.165) is 23.2 Å². The minimum absolute atomic E-state index is 0.0634. The van der Waals surface area contributed by atoms with E-state index >= 15 is 0 Å². The van der Waals surface area contributed by atoms with Crippen molar-refractivity contribution >= 4 is 40.9 Å². The van der Waals surface area contributed by atoms with Crippen molar-refractivity contribution in [3.63, 3.8) is 0 Å². The Labute approximate surface area is 198 Å². The van der Waals surface area contributed by atoms with Gasteiger partial charge in [-0.15, -0.1) is 11.8 Å². The molecule has 2 amide bonds. The molecule has 0 saturated carbocycles. The molecule has 1 fully saturated rings. The molecule has 1 spiro atoms. The van der Waals surface area contributed by atoms with Gasteiger partial charge in [0.15, 0.2) is 0 Å². The molecule has 2 aromatic rings. The Morgan fingerprint density at radius 1 is 1.15 bits per heavy atom. The van der Waals surface area contributed by atoms with Crippen molar-refractivity contribution in [2.24, 2.45) is 0 Å². The van der Waals surface area contributed by atoms with Crippen LogP contribution in [0.5, 0.6) is 0 Å². The number of anilines is 2. The number of carbonyl (C=O) groups excluding carboxylic acids is 3. The number of nitrogens with zero attached hydrogens (tertiary/aromatic N) is 2. The van der Waals surface area contributed by atoms with Crippen LogP contribution in [0.15, 0.2) is 36.4 Å². The first kappa shape index (κ1) is 22.0. The average molecular weight is 465 g/mol. The number of rotatable bonds is 3. The fraction of sp³-hybridized carbons (Fsp3) is 0.423. The zero-order valence-electron chi connectivity index (χ0n) is 19.6. The summed E-state index contributed by atoms with van der Waals surface area (Å²) >= 11 is 1.39. The van der Waals surface area contributed by atoms with Crippen LogP contribution in [-0.2, 0) is 19.2 Å². The number of benzene rings is 2. The van der Waals surface area contributed by atoms with Gasteiger partial charge in [-0.25, -0.2) is 4.79 Å². The maximum atomic E-state index is 14.3. The molecule has 172 valence electrons. The molecule has 6 nitrogen and oxygen atoms in total. The summed E-state index contributed by atoms with van der Waals surface area (Å²) in [6, 6.07) is 11.0. The van der Waals surface area contributed by atoms with Crippen LogP contribution >= 0.6 is 11.8 Å². The first-order valence-corrected chi connectivity index (χ1v) is 12.3. The molecule has 3 aliphatic rings. The van der Waals surface area contributed by atoms with E-state index in [0.29, 0.717) is 23.8 Å². The van der Waals surface area contributed by atoms with Crippen molar-refractivity contribution in [3.05, 3.63) is 58.7 Å². The second-order valence-corrected chi connectivity index (χ2v) is 10.9. The SMILES string of the molecule is CCOC(=O)c1ccc(N2C(=O)CS[C@@]23C(=O)N2c4c(cc(C)cc43)[C@@H](C)CC2(C)C)cc1. The third-order valence-corrected chi connectivity index (χ3v) is 8.30. The van der Waals surface area contributed by atoms with Gasteiger partial charge in [0.2, 0.25) is 10.8 Å². The fourth-order valence-corrected chi connectivity index (χ4v) is 7.02. The highest BCUT2D eigenvalue weighted by atomic mass is 32.2. The normalized spacial score (nSPS) is 25.1. The van der Waals surface area contributed by atoms with Gasteiger partial charge in [-0.2, -0.15) is 0 Å². The summed E-state index contributed by atoms with van der Waals surface area (Å²) in [6.45, 7) is 10.5. The van der Waals surface area contributed by atoms with E-state index in [2.05, 4.69) is 32.9 Å². The monoisotopic (exact) mass is 464 g/mol. The molecule has 0 unspecified atom stereocenters. The Kier molecular flexibility index (Phi) is 4.90. The lowest BCUT2D eigenvalue weighted by molar-refractivity contribution is -0.124. The van der Waals surface area contributed by atoms with Gasteiger partial charge in [-0.1, -0.05) is 24.6 Å². The highest BCUT2D eigenvalue weighted by Gasteiger charge is 2.64. The number of ether oxygens (including phenoxy) is 1. The number of carbonyl (C=O) groups is 3. The zero-order chi connectivity index (χ0) is 23.7. The predicted molar refractivity (Wildman–Crippen MR) is 130 cm³/mol. The summed E-state index contributed by atoms with van der Waals surface area (Å²) in [5, 5.41) is 0. The molecule has 0 aromatic heterocycles. The standard InChI is InChI=1S/C26H28N2O4S/c1-6-32-23(30)17-7-9-18(10-8-17)27-21(29)14-33-26(27)20-12-15(2)11-19-16(3)13-25(4,5)28(22(19)20)24(26)31/h7-12,16H,6,13-14H2,1-5H3/t16-,26-/m0/s1. The lowest BCUT2D eigenvalue weighted by Crippen LogP contribution is -2.56. The predicted octanol–water partition coefficient (Wildman–Crippen LogP) is 4.74. The van der Waals surface area contributed by atoms with Crippen LogP contribution in [0.1, 0.15) is 67.1 Å². The van der Waals surface area contributed by atoms with Gasteiger partial charge in [0.25, 0.3) is 5.91 Å². The Morgan fingerprint density at radius 2 is 1.85 bits per heavy atom. The molecule has 2 atom stereocenters. The maximum Gasteiger partial charge on any atom is 0.338 e. The van der Waals surface area contributed by atoms with E-state index < -0.39 is 10.8 Å². The maximum absolute atomic E-state index is 14.3. The number of hydrogen-bond acceptors (Lipinski definition) is 5. The molecule has 3 heterocycles. The molecule has 0 N–H and O–H groups in total. The van der Waals surface area contributed by atoms with Crippen LogP contribution in [-0.4, -0.2) is 35.7 Å². The van der Waals surface area contributed by atoms with Crippen LogP contribution < -0.4 is 9.80 Å². The molecular weight excluding hydrogens is 436 g/mol. The lowest BCUT2D eigenvalue weighted by atomic mass is 9.80. The summed E-state index contributed by atoms with van der Waals surface area (Å²) in [6.07, 6.45) is 0.859. The van der Waals surface area contributed by atoms with E-state index in [1.54, 1.807) is 36.1 Å². The molecular formula is C26H28N2O4S. The quantitative estimate of drug-likeness (QED) is 0.614. The molecule has 2 aromatic carbocycles. The third-order valence-electron chi connectivity index (χ3n) is 6.91. The Hall–Kier alpha value is -2.80. The molecule has 33 heavy (non-hydrogen) atoms. The topological polar surface area (TPSA) is 66.9 Å². The second kappa shape index (κ2) is 7.35. The van der Waals surface area contributed by atoms with E-state index in [-0.39, 0.29) is 23.1 Å². The van der Waals surface area contributed by atoms with Crippen molar-refractivity contribution < 1.29 is 19.1 Å². The van der Waals surface area contributed by atoms with Crippen molar-refractivity contribution in [1.82, 2.24) is 0 Å². The average Bonchev–Trinajstić information content (AvgIpc) is 3.23. The Bertz CT molecular complexity index is 1190. The fourth-order valence-electron chi connectivity index (χ4n) is 5.70. The number of aryl methyl sites for hydroxylation is 1. The van der Waals surface area contributed by atoms with E-state index in [1.807, 2.05) is 11.8 Å². The summed E-state index contributed by atoms with van der Waals surface area (Å²) in [4.78, 5) is 42.1. The summed E-state index contributed by atoms with van der Waals surface area (Å²) in [7, 11) is 0. The van der Waals surface area contributed by atoms with Crippen LogP contribution in [0, 0.1) is 6.92 Å². The zero-order valence-corrected chi connectivity index (χ0v) is 20.4. The Morgan fingerprint density at radius 3 is 2.52 bits per heavy atom. The highest BCUT2D eigenvalue weighted by molar-refractivity contribution is 8.02. The highest BCUT2D eigenvalue weighted by Crippen LogP contribution is 2.61. The summed E-state index contributed by atoms with van der Waals surface area (Å²) < 4.78 is 5.08. The van der Waals surface area contributed by atoms with Crippen molar-refractivity contribution in [1.29, 1.82) is 0 Å². The molecule has 0 bridgehead atoms. The first-order chi connectivity index (χ1) is 15.6. The largest absolute Gasteiger partial charge is 0.462 e. The second-order valence-electron chi connectivity index (χ2n) is 9.74. The molecule has 3 aliphatic heterocycles. The van der Waals surface area contributed by atoms with Gasteiger partial charge < -0.3 is 9.64 Å². The summed E-state index contributed by atoms with van der Waals surface area (Å²) in [5.41, 5.74) is 4.78. The molecule has 0 radical (unpaired) electrons. The van der Waals surface area contributed by atoms with Crippen LogP contribution in [0.4, 0.5) is 11.4 Å². The molecule has 5 rings (SSSR count). The molecule has 1 saturated heterocycles. The molecule has 7 heteroatoms. The van der Waals surface area contributed by atoms with E-state index in [9.17, 15) is 14.4 Å². The number of amides is 2. The van der Waals surface area contributed by atoms with Gasteiger partial charge >= 0.3 is 5.97 Å². The van der Waals surface area contributed by atoms with Gasteiger partial charge in [0, 0.05) is 16.8 Å².